The van der Waals surface area contributed by atoms with Gasteiger partial charge in [0.15, 0.2) is 11.7 Å². The molecule has 1 aliphatic rings. The lowest BCUT2D eigenvalue weighted by Crippen LogP contribution is -2.51. The summed E-state index contributed by atoms with van der Waals surface area (Å²) in [6.07, 6.45) is 2.44. The molecule has 29 heavy (non-hydrogen) atoms. The van der Waals surface area contributed by atoms with E-state index in [0.717, 1.165) is 18.5 Å². The molecule has 8 nitrogen and oxygen atoms in total. The number of hydrogen-bond donors (Lipinski definition) is 2. The highest BCUT2D eigenvalue weighted by molar-refractivity contribution is 7.90. The lowest BCUT2D eigenvalue weighted by Gasteiger charge is -2.32. The first-order chi connectivity index (χ1) is 13.6. The zero-order valence-corrected chi connectivity index (χ0v) is 17.6. The van der Waals surface area contributed by atoms with Crippen molar-refractivity contribution in [3.63, 3.8) is 0 Å². The molecule has 2 N–H and O–H groups in total. The molecular formula is C17H28F3N5O3S. The van der Waals surface area contributed by atoms with Crippen molar-refractivity contribution in [2.45, 2.75) is 63.5 Å². The molecule has 1 fully saturated rings. The second-order valence-corrected chi connectivity index (χ2v) is 8.86. The van der Waals surface area contributed by atoms with Crippen LogP contribution in [0.15, 0.2) is 15.6 Å². The van der Waals surface area contributed by atoms with Crippen molar-refractivity contribution in [3.05, 3.63) is 17.5 Å². The van der Waals surface area contributed by atoms with Gasteiger partial charge < -0.3 is 15.2 Å². The predicted octanol–water partition coefficient (Wildman–Crippen LogP) is 2.56. The van der Waals surface area contributed by atoms with Crippen LogP contribution >= 0.6 is 0 Å². The van der Waals surface area contributed by atoms with Crippen LogP contribution in [0.4, 0.5) is 13.2 Å². The molecule has 0 aromatic carbocycles. The van der Waals surface area contributed by atoms with E-state index in [4.69, 9.17) is 4.52 Å². The molecule has 1 aromatic rings. The van der Waals surface area contributed by atoms with Crippen LogP contribution in [0.5, 0.6) is 0 Å². The van der Waals surface area contributed by atoms with Crippen molar-refractivity contribution in [3.8, 4) is 0 Å². The third-order valence-electron chi connectivity index (χ3n) is 5.06. The van der Waals surface area contributed by atoms with Gasteiger partial charge in [-0.2, -0.15) is 17.5 Å². The monoisotopic (exact) mass is 439 g/mol. The number of piperidine rings is 1. The maximum atomic E-state index is 12.7. The summed E-state index contributed by atoms with van der Waals surface area (Å²) in [5.74, 6) is 1.46. The number of nitrogens with one attached hydrogen (secondary N) is 2. The van der Waals surface area contributed by atoms with E-state index < -0.39 is 15.5 Å². The number of guanidine groups is 1. The van der Waals surface area contributed by atoms with E-state index in [0.29, 0.717) is 28.5 Å². The van der Waals surface area contributed by atoms with E-state index >= 15 is 0 Å². The van der Waals surface area contributed by atoms with E-state index in [-0.39, 0.29) is 32.0 Å². The third-order valence-corrected chi connectivity index (χ3v) is 6.69. The molecule has 1 saturated heterocycles. The Morgan fingerprint density at radius 2 is 1.97 bits per heavy atom. The molecule has 1 aromatic heterocycles. The number of sulfonamides is 1. The Labute approximate surface area is 169 Å². The van der Waals surface area contributed by atoms with Gasteiger partial charge in [0, 0.05) is 38.2 Å². The van der Waals surface area contributed by atoms with Crippen molar-refractivity contribution >= 4 is 16.0 Å². The second-order valence-electron chi connectivity index (χ2n) is 6.93. The number of nitrogens with zero attached hydrogens (tertiary/aromatic N) is 3. The third kappa shape index (κ3) is 5.84. The molecule has 0 spiro atoms. The molecule has 0 atom stereocenters. The van der Waals surface area contributed by atoms with Crippen LogP contribution < -0.4 is 10.6 Å². The van der Waals surface area contributed by atoms with Gasteiger partial charge in [-0.05, 0) is 25.7 Å². The van der Waals surface area contributed by atoms with Gasteiger partial charge in [-0.25, -0.2) is 8.42 Å². The van der Waals surface area contributed by atoms with Gasteiger partial charge in [0.05, 0.1) is 12.2 Å². The van der Waals surface area contributed by atoms with Crippen LogP contribution in [0.1, 0.15) is 56.9 Å². The highest BCUT2D eigenvalue weighted by Crippen LogP contribution is 2.29. The quantitative estimate of drug-likeness (QED) is 0.500. The molecule has 0 amide bonds. The molecular weight excluding hydrogens is 411 g/mol. The Balaban J connectivity index is 1.84. The summed E-state index contributed by atoms with van der Waals surface area (Å²) in [6.45, 7) is 4.15. The standard InChI is InChI=1S/C17H28F3N5O3S/c1-4-12(5-2)15-10-14(28-24-15)11-22-16(21-3)23-13-6-8-25(9-7-13)29(26,27)17(18,19)20/h10,12-13H,4-9,11H2,1-3H3,(H2,21,22,23). The van der Waals surface area contributed by atoms with Crippen LogP contribution in [0.3, 0.4) is 0 Å². The topological polar surface area (TPSA) is 99.8 Å². The normalized spacial score (nSPS) is 17.7. The van der Waals surface area contributed by atoms with Crippen LogP contribution in [0.2, 0.25) is 0 Å². The van der Waals surface area contributed by atoms with Crippen LogP contribution in [0, 0.1) is 0 Å². The number of aliphatic imine (C=N–C) groups is 1. The first kappa shape index (κ1) is 23.5. The average Bonchev–Trinajstić information content (AvgIpc) is 3.14. The minimum absolute atomic E-state index is 0.185. The minimum atomic E-state index is -5.27. The van der Waals surface area contributed by atoms with Gasteiger partial charge in [-0.1, -0.05) is 19.0 Å². The Hall–Kier alpha value is -1.82. The van der Waals surface area contributed by atoms with Gasteiger partial charge >= 0.3 is 15.5 Å². The molecule has 166 valence electrons. The Morgan fingerprint density at radius 3 is 2.48 bits per heavy atom. The number of aromatic nitrogens is 1. The summed E-state index contributed by atoms with van der Waals surface area (Å²) in [5.41, 5.74) is -4.36. The summed E-state index contributed by atoms with van der Waals surface area (Å²) in [7, 11) is -3.69. The highest BCUT2D eigenvalue weighted by Gasteiger charge is 2.50. The minimum Gasteiger partial charge on any atom is -0.359 e. The number of halogens is 3. The lowest BCUT2D eigenvalue weighted by molar-refractivity contribution is -0.0494. The highest BCUT2D eigenvalue weighted by atomic mass is 32.2. The zero-order valence-electron chi connectivity index (χ0n) is 16.8. The summed E-state index contributed by atoms with van der Waals surface area (Å²) < 4.78 is 66.7. The van der Waals surface area contributed by atoms with Crippen molar-refractivity contribution in [1.29, 1.82) is 0 Å². The maximum absolute atomic E-state index is 12.7. The van der Waals surface area contributed by atoms with Crippen molar-refractivity contribution < 1.29 is 26.1 Å². The number of rotatable bonds is 7. The van der Waals surface area contributed by atoms with Gasteiger partial charge in [0.2, 0.25) is 0 Å². The average molecular weight is 440 g/mol. The summed E-state index contributed by atoms with van der Waals surface area (Å²) in [4.78, 5) is 4.10. The molecule has 12 heteroatoms. The van der Waals surface area contributed by atoms with Crippen LogP contribution in [-0.4, -0.2) is 55.5 Å². The van der Waals surface area contributed by atoms with Crippen molar-refractivity contribution in [2.24, 2.45) is 4.99 Å². The van der Waals surface area contributed by atoms with Gasteiger partial charge in [0.25, 0.3) is 0 Å². The summed E-state index contributed by atoms with van der Waals surface area (Å²) in [5, 5.41) is 10.3. The number of hydrogen-bond acceptors (Lipinski definition) is 5. The van der Waals surface area contributed by atoms with E-state index in [9.17, 15) is 21.6 Å². The predicted molar refractivity (Wildman–Crippen MR) is 103 cm³/mol. The Kier molecular flexibility index (Phi) is 7.92. The van der Waals surface area contributed by atoms with Crippen LogP contribution in [0.25, 0.3) is 0 Å². The number of alkyl halides is 3. The van der Waals surface area contributed by atoms with Gasteiger partial charge in [0.1, 0.15) is 0 Å². The lowest BCUT2D eigenvalue weighted by atomic mass is 9.99. The zero-order chi connectivity index (χ0) is 21.7. The largest absolute Gasteiger partial charge is 0.511 e. The second kappa shape index (κ2) is 9.79. The molecule has 0 bridgehead atoms. The van der Waals surface area contributed by atoms with Crippen LogP contribution in [-0.2, 0) is 16.6 Å². The van der Waals surface area contributed by atoms with Crippen molar-refractivity contribution in [2.75, 3.05) is 20.1 Å². The molecule has 0 unspecified atom stereocenters. The molecule has 2 heterocycles. The molecule has 2 rings (SSSR count). The van der Waals surface area contributed by atoms with E-state index in [2.05, 4.69) is 34.6 Å². The van der Waals surface area contributed by atoms with E-state index in [1.54, 1.807) is 7.05 Å². The Morgan fingerprint density at radius 1 is 1.34 bits per heavy atom. The van der Waals surface area contributed by atoms with Gasteiger partial charge in [-0.15, -0.1) is 0 Å². The summed E-state index contributed by atoms with van der Waals surface area (Å²) >= 11 is 0. The fraction of sp³-hybridized carbons (Fsp3) is 0.765. The fourth-order valence-electron chi connectivity index (χ4n) is 3.26. The van der Waals surface area contributed by atoms with E-state index in [1.165, 1.54) is 0 Å². The SMILES string of the molecule is CCC(CC)c1cc(CNC(=NC)NC2CCN(S(=O)(=O)C(F)(F)F)CC2)on1. The first-order valence-corrected chi connectivity index (χ1v) is 11.0. The molecule has 1 aliphatic heterocycles. The maximum Gasteiger partial charge on any atom is 0.511 e. The van der Waals surface area contributed by atoms with Crippen molar-refractivity contribution in [1.82, 2.24) is 20.1 Å². The van der Waals surface area contributed by atoms with Gasteiger partial charge in [-0.3, -0.25) is 4.99 Å². The first-order valence-electron chi connectivity index (χ1n) is 9.61. The molecule has 0 saturated carbocycles. The molecule has 0 radical (unpaired) electrons. The smallest absolute Gasteiger partial charge is 0.359 e. The Bertz CT molecular complexity index is 782. The van der Waals surface area contributed by atoms with E-state index in [1.807, 2.05) is 6.07 Å². The molecule has 0 aliphatic carbocycles. The fourth-order valence-corrected chi connectivity index (χ4v) is 4.24. The summed E-state index contributed by atoms with van der Waals surface area (Å²) in [6, 6.07) is 1.72.